The zero-order valence-corrected chi connectivity index (χ0v) is 15.9. The number of benzene rings is 2. The van der Waals surface area contributed by atoms with Crippen LogP contribution in [0.2, 0.25) is 0 Å². The van der Waals surface area contributed by atoms with Gasteiger partial charge in [-0.1, -0.05) is 30.3 Å². The van der Waals surface area contributed by atoms with Crippen LogP contribution in [0.3, 0.4) is 0 Å². The van der Waals surface area contributed by atoms with E-state index in [1.165, 1.54) is 24.3 Å². The van der Waals surface area contributed by atoms with Crippen LogP contribution in [0.1, 0.15) is 17.2 Å². The molecule has 0 aliphatic rings. The van der Waals surface area contributed by atoms with Crippen molar-refractivity contribution in [2.24, 2.45) is 0 Å². The van der Waals surface area contributed by atoms with Crippen LogP contribution in [0.25, 0.3) is 0 Å². The Morgan fingerprint density at radius 1 is 1.11 bits per heavy atom. The van der Waals surface area contributed by atoms with Crippen LogP contribution in [0, 0.1) is 0 Å². The van der Waals surface area contributed by atoms with E-state index in [1.807, 2.05) is 43.3 Å². The lowest BCUT2D eigenvalue weighted by atomic mass is 10.0. The molecule has 0 radical (unpaired) electrons. The van der Waals surface area contributed by atoms with Gasteiger partial charge in [0.25, 0.3) is 0 Å². The van der Waals surface area contributed by atoms with E-state index >= 15 is 0 Å². The van der Waals surface area contributed by atoms with Gasteiger partial charge in [-0.15, -0.1) is 13.2 Å². The smallest absolute Gasteiger partial charge is 0.496 e. The summed E-state index contributed by atoms with van der Waals surface area (Å²) < 4.78 is 45.8. The number of alkyl halides is 3. The maximum Gasteiger partial charge on any atom is 0.573 e. The van der Waals surface area contributed by atoms with Gasteiger partial charge < -0.3 is 19.7 Å². The molecule has 0 spiro atoms. The highest BCUT2D eigenvalue weighted by molar-refractivity contribution is 5.78. The Kier molecular flexibility index (Phi) is 7.28. The van der Waals surface area contributed by atoms with Gasteiger partial charge in [0.2, 0.25) is 5.91 Å². The molecule has 0 bridgehead atoms. The third kappa shape index (κ3) is 6.45. The van der Waals surface area contributed by atoms with E-state index in [9.17, 15) is 18.0 Å². The fraction of sp³-hybridized carbons (Fsp3) is 0.350. The van der Waals surface area contributed by atoms with Crippen molar-refractivity contribution in [3.05, 3.63) is 59.7 Å². The van der Waals surface area contributed by atoms with Crippen molar-refractivity contribution in [3.63, 3.8) is 0 Å². The van der Waals surface area contributed by atoms with Crippen LogP contribution < -0.4 is 14.8 Å². The van der Waals surface area contributed by atoms with Gasteiger partial charge in [-0.25, -0.2) is 0 Å². The molecule has 2 aromatic carbocycles. The average Bonchev–Trinajstić information content (AvgIpc) is 2.62. The second-order valence-electron chi connectivity index (χ2n) is 6.39. The third-order valence-corrected chi connectivity index (χ3v) is 4.14. The van der Waals surface area contributed by atoms with Gasteiger partial charge in [-0.05, 0) is 37.9 Å². The van der Waals surface area contributed by atoms with Gasteiger partial charge >= 0.3 is 6.36 Å². The quantitative estimate of drug-likeness (QED) is 0.742. The summed E-state index contributed by atoms with van der Waals surface area (Å²) in [5.41, 5.74) is 1.54. The van der Waals surface area contributed by atoms with Crippen LogP contribution in [-0.2, 0) is 11.2 Å². The molecule has 1 atom stereocenters. The Balaban J connectivity index is 1.96. The molecule has 1 unspecified atom stereocenters. The van der Waals surface area contributed by atoms with Crippen molar-refractivity contribution in [3.8, 4) is 11.5 Å². The van der Waals surface area contributed by atoms with Gasteiger partial charge in [0.15, 0.2) is 0 Å². The number of para-hydroxylation sites is 1. The molecule has 152 valence electrons. The first-order valence-electron chi connectivity index (χ1n) is 8.60. The molecule has 28 heavy (non-hydrogen) atoms. The summed E-state index contributed by atoms with van der Waals surface area (Å²) in [4.78, 5) is 14.2. The monoisotopic (exact) mass is 396 g/mol. The van der Waals surface area contributed by atoms with E-state index < -0.39 is 6.36 Å². The molecule has 2 rings (SSSR count). The number of nitrogens with zero attached hydrogens (tertiary/aromatic N) is 1. The molecular weight excluding hydrogens is 373 g/mol. The summed E-state index contributed by atoms with van der Waals surface area (Å²) >= 11 is 0. The summed E-state index contributed by atoms with van der Waals surface area (Å²) in [7, 11) is 5.40. The van der Waals surface area contributed by atoms with Gasteiger partial charge in [-0.2, -0.15) is 0 Å². The van der Waals surface area contributed by atoms with Gasteiger partial charge in [0.1, 0.15) is 11.5 Å². The Morgan fingerprint density at radius 3 is 2.32 bits per heavy atom. The molecule has 2 aromatic rings. The van der Waals surface area contributed by atoms with Crippen LogP contribution in [0.5, 0.6) is 11.5 Å². The standard InChI is InChI=1S/C20H23F3N2O3/c1-25(2)17(16-6-4-5-7-18(16)27-3)13-24-19(26)12-14-8-10-15(11-9-14)28-20(21,22)23/h4-11,17H,12-13H2,1-3H3,(H,24,26). The Morgan fingerprint density at radius 2 is 1.75 bits per heavy atom. The van der Waals surface area contributed by atoms with Crippen LogP contribution >= 0.6 is 0 Å². The van der Waals surface area contributed by atoms with E-state index in [2.05, 4.69) is 10.1 Å². The summed E-state index contributed by atoms with van der Waals surface area (Å²) in [6, 6.07) is 12.7. The van der Waals surface area contributed by atoms with Crippen LogP contribution in [0.15, 0.2) is 48.5 Å². The Bertz CT molecular complexity index is 777. The number of nitrogens with one attached hydrogen (secondary N) is 1. The van der Waals surface area contributed by atoms with E-state index in [0.717, 1.165) is 11.3 Å². The fourth-order valence-electron chi connectivity index (χ4n) is 2.78. The third-order valence-electron chi connectivity index (χ3n) is 4.14. The summed E-state index contributed by atoms with van der Waals surface area (Å²) in [6.45, 7) is 0.363. The minimum Gasteiger partial charge on any atom is -0.496 e. The van der Waals surface area contributed by atoms with Crippen molar-refractivity contribution in [2.75, 3.05) is 27.7 Å². The van der Waals surface area contributed by atoms with Gasteiger partial charge in [-0.3, -0.25) is 4.79 Å². The van der Waals surface area contributed by atoms with Crippen molar-refractivity contribution in [1.82, 2.24) is 10.2 Å². The van der Waals surface area contributed by atoms with Crippen molar-refractivity contribution >= 4 is 5.91 Å². The average molecular weight is 396 g/mol. The number of carbonyl (C=O) groups excluding carboxylic acids is 1. The molecule has 0 fully saturated rings. The Hall–Kier alpha value is -2.74. The lowest BCUT2D eigenvalue weighted by Gasteiger charge is -2.26. The molecule has 8 heteroatoms. The number of likely N-dealkylation sites (N-methyl/N-ethyl adjacent to an activating group) is 1. The largest absolute Gasteiger partial charge is 0.573 e. The molecular formula is C20H23F3N2O3. The summed E-state index contributed by atoms with van der Waals surface area (Å²) in [5.74, 6) is 0.183. The summed E-state index contributed by atoms with van der Waals surface area (Å²) in [5, 5.41) is 2.87. The second-order valence-corrected chi connectivity index (χ2v) is 6.39. The molecule has 0 aromatic heterocycles. The van der Waals surface area contributed by atoms with Gasteiger partial charge in [0.05, 0.1) is 19.6 Å². The fourth-order valence-corrected chi connectivity index (χ4v) is 2.78. The number of amides is 1. The van der Waals surface area contributed by atoms with Gasteiger partial charge in [0, 0.05) is 12.1 Å². The summed E-state index contributed by atoms with van der Waals surface area (Å²) in [6.07, 6.45) is -4.68. The zero-order chi connectivity index (χ0) is 20.7. The Labute approximate surface area is 162 Å². The van der Waals surface area contributed by atoms with E-state index in [-0.39, 0.29) is 24.1 Å². The molecule has 0 aliphatic carbocycles. The normalized spacial score (nSPS) is 12.5. The zero-order valence-electron chi connectivity index (χ0n) is 15.9. The minimum absolute atomic E-state index is 0.0539. The van der Waals surface area contributed by atoms with Crippen molar-refractivity contribution in [2.45, 2.75) is 18.8 Å². The first-order valence-corrected chi connectivity index (χ1v) is 8.60. The van der Waals surface area contributed by atoms with E-state index in [0.29, 0.717) is 12.1 Å². The first kappa shape index (κ1) is 21.6. The number of rotatable bonds is 8. The van der Waals surface area contributed by atoms with Crippen molar-refractivity contribution in [1.29, 1.82) is 0 Å². The minimum atomic E-state index is -4.74. The van der Waals surface area contributed by atoms with Crippen molar-refractivity contribution < 1.29 is 27.4 Å². The molecule has 0 saturated carbocycles. The molecule has 0 heterocycles. The lowest BCUT2D eigenvalue weighted by molar-refractivity contribution is -0.274. The maximum absolute atomic E-state index is 12.3. The lowest BCUT2D eigenvalue weighted by Crippen LogP contribution is -2.35. The number of ether oxygens (including phenoxy) is 2. The topological polar surface area (TPSA) is 50.8 Å². The SMILES string of the molecule is COc1ccccc1C(CNC(=O)Cc1ccc(OC(F)(F)F)cc1)N(C)C. The van der Waals surface area contributed by atoms with E-state index in [4.69, 9.17) is 4.74 Å². The van der Waals surface area contributed by atoms with E-state index in [1.54, 1.807) is 7.11 Å². The van der Waals surface area contributed by atoms with Crippen LogP contribution in [-0.4, -0.2) is 44.9 Å². The highest BCUT2D eigenvalue weighted by Gasteiger charge is 2.31. The highest BCUT2D eigenvalue weighted by atomic mass is 19.4. The first-order chi connectivity index (χ1) is 13.2. The predicted octanol–water partition coefficient (Wildman–Crippen LogP) is 3.56. The highest BCUT2D eigenvalue weighted by Crippen LogP contribution is 2.27. The molecule has 1 N–H and O–H groups in total. The molecule has 0 aliphatic heterocycles. The maximum atomic E-state index is 12.3. The molecule has 1 amide bonds. The number of carbonyl (C=O) groups is 1. The second kappa shape index (κ2) is 9.45. The predicted molar refractivity (Wildman–Crippen MR) is 99.3 cm³/mol. The number of halogens is 3. The molecule has 0 saturated heterocycles. The molecule has 5 nitrogen and oxygen atoms in total. The number of hydrogen-bond acceptors (Lipinski definition) is 4. The number of hydrogen-bond donors (Lipinski definition) is 1. The number of methoxy groups -OCH3 is 1. The van der Waals surface area contributed by atoms with Crippen LogP contribution in [0.4, 0.5) is 13.2 Å².